The van der Waals surface area contributed by atoms with Crippen LogP contribution >= 0.6 is 0 Å². The molecule has 9 nitrogen and oxygen atoms in total. The van der Waals surface area contributed by atoms with Crippen LogP contribution in [0.2, 0.25) is 0 Å². The summed E-state index contributed by atoms with van der Waals surface area (Å²) in [5, 5.41) is 9.56. The zero-order valence-electron chi connectivity index (χ0n) is 8.84. The van der Waals surface area contributed by atoms with E-state index in [9.17, 15) is 4.79 Å². The minimum Gasteiger partial charge on any atom is -0.408 e. The minimum absolute atomic E-state index is 0.000380. The first-order valence-corrected chi connectivity index (χ1v) is 4.59. The molecule has 0 aromatic carbocycles. The molecule has 0 aliphatic heterocycles. The Balaban J connectivity index is 2.14. The van der Waals surface area contributed by atoms with Crippen molar-refractivity contribution in [1.82, 2.24) is 20.2 Å². The maximum Gasteiger partial charge on any atom is 0.322 e. The summed E-state index contributed by atoms with van der Waals surface area (Å²) < 4.78 is 4.99. The largest absolute Gasteiger partial charge is 0.408 e. The molecule has 0 atom stereocenters. The number of rotatable bonds is 3. The molecule has 0 saturated carbocycles. The van der Waals surface area contributed by atoms with E-state index in [2.05, 4.69) is 30.9 Å². The van der Waals surface area contributed by atoms with E-state index in [0.717, 1.165) is 0 Å². The summed E-state index contributed by atoms with van der Waals surface area (Å²) in [5.74, 6) is 5.26. The van der Waals surface area contributed by atoms with Crippen molar-refractivity contribution in [2.75, 3.05) is 10.7 Å². The molecule has 4 N–H and O–H groups in total. The number of hydrazine groups is 1. The lowest BCUT2D eigenvalue weighted by Gasteiger charge is -2.01. The summed E-state index contributed by atoms with van der Waals surface area (Å²) in [4.78, 5) is 19.4. The lowest BCUT2D eigenvalue weighted by Crippen LogP contribution is -2.16. The van der Waals surface area contributed by atoms with E-state index < -0.39 is 5.91 Å². The Kier molecular flexibility index (Phi) is 2.92. The molecule has 2 aromatic rings. The van der Waals surface area contributed by atoms with Crippen LogP contribution in [0.4, 0.5) is 11.8 Å². The number of nitrogens with one attached hydrogen (secondary N) is 2. The van der Waals surface area contributed by atoms with Crippen molar-refractivity contribution in [3.8, 4) is 0 Å². The topological polar surface area (TPSA) is 132 Å². The molecule has 0 aliphatic rings. The van der Waals surface area contributed by atoms with Gasteiger partial charge in [-0.25, -0.2) is 10.8 Å². The number of aryl methyl sites for hydroxylation is 1. The Bertz CT molecular complexity index is 538. The van der Waals surface area contributed by atoms with E-state index in [1.807, 2.05) is 0 Å². The third-order valence-electron chi connectivity index (χ3n) is 1.76. The van der Waals surface area contributed by atoms with Crippen molar-refractivity contribution in [2.24, 2.45) is 5.84 Å². The van der Waals surface area contributed by atoms with Gasteiger partial charge in [-0.1, -0.05) is 5.10 Å². The number of amides is 1. The highest BCUT2D eigenvalue weighted by atomic mass is 16.4. The van der Waals surface area contributed by atoms with Gasteiger partial charge in [-0.3, -0.25) is 15.1 Å². The van der Waals surface area contributed by atoms with Crippen molar-refractivity contribution in [3.05, 3.63) is 24.0 Å². The van der Waals surface area contributed by atoms with Gasteiger partial charge < -0.3 is 9.84 Å². The quantitative estimate of drug-likeness (QED) is 0.488. The van der Waals surface area contributed by atoms with E-state index in [-0.39, 0.29) is 17.5 Å². The highest BCUT2D eigenvalue weighted by Gasteiger charge is 2.12. The van der Waals surface area contributed by atoms with Crippen molar-refractivity contribution in [2.45, 2.75) is 6.92 Å². The molecule has 2 heterocycles. The van der Waals surface area contributed by atoms with Gasteiger partial charge in [0.25, 0.3) is 5.91 Å². The summed E-state index contributed by atoms with van der Waals surface area (Å²) in [5.41, 5.74) is 2.37. The SMILES string of the molecule is Cc1nnc(NC(=O)c2cncc(NN)n2)o1. The van der Waals surface area contributed by atoms with Crippen LogP contribution in [0.1, 0.15) is 16.4 Å². The van der Waals surface area contributed by atoms with Crippen LogP contribution < -0.4 is 16.6 Å². The van der Waals surface area contributed by atoms with Crippen LogP contribution in [0.3, 0.4) is 0 Å². The van der Waals surface area contributed by atoms with Gasteiger partial charge in [-0.15, -0.1) is 5.10 Å². The fourth-order valence-electron chi connectivity index (χ4n) is 1.05. The second-order valence-electron chi connectivity index (χ2n) is 3.01. The van der Waals surface area contributed by atoms with Gasteiger partial charge >= 0.3 is 6.01 Å². The van der Waals surface area contributed by atoms with E-state index in [4.69, 9.17) is 10.3 Å². The molecular formula is C8H9N7O2. The van der Waals surface area contributed by atoms with Gasteiger partial charge in [0, 0.05) is 6.92 Å². The molecule has 1 amide bonds. The molecule has 2 rings (SSSR count). The first-order valence-electron chi connectivity index (χ1n) is 4.59. The Hall–Kier alpha value is -2.55. The zero-order valence-corrected chi connectivity index (χ0v) is 8.84. The fraction of sp³-hybridized carbons (Fsp3) is 0.125. The molecule has 2 aromatic heterocycles. The molecule has 9 heteroatoms. The maximum atomic E-state index is 11.7. The van der Waals surface area contributed by atoms with Gasteiger partial charge in [0.1, 0.15) is 5.69 Å². The number of hydrogen-bond acceptors (Lipinski definition) is 8. The Labute approximate surface area is 95.4 Å². The molecule has 0 fully saturated rings. The first kappa shape index (κ1) is 11.0. The van der Waals surface area contributed by atoms with Gasteiger partial charge in [0.15, 0.2) is 5.82 Å². The maximum absolute atomic E-state index is 11.7. The third-order valence-corrected chi connectivity index (χ3v) is 1.76. The summed E-state index contributed by atoms with van der Waals surface area (Å²) in [7, 11) is 0. The van der Waals surface area contributed by atoms with Crippen LogP contribution in [0.25, 0.3) is 0 Å². The normalized spacial score (nSPS) is 10.0. The predicted octanol–water partition coefficient (Wildman–Crippen LogP) is -0.294. The van der Waals surface area contributed by atoms with Crippen molar-refractivity contribution >= 4 is 17.7 Å². The van der Waals surface area contributed by atoms with Crippen molar-refractivity contribution in [1.29, 1.82) is 0 Å². The molecule has 0 saturated heterocycles. The Morgan fingerprint density at radius 1 is 1.41 bits per heavy atom. The Morgan fingerprint density at radius 3 is 2.88 bits per heavy atom. The average molecular weight is 235 g/mol. The van der Waals surface area contributed by atoms with Gasteiger partial charge in [0.2, 0.25) is 5.89 Å². The Morgan fingerprint density at radius 2 is 2.24 bits per heavy atom. The van der Waals surface area contributed by atoms with Gasteiger partial charge in [0.05, 0.1) is 12.4 Å². The first-order chi connectivity index (χ1) is 8.19. The number of aromatic nitrogens is 4. The van der Waals surface area contributed by atoms with E-state index in [1.54, 1.807) is 6.92 Å². The predicted molar refractivity (Wildman–Crippen MR) is 56.8 cm³/mol. The molecule has 17 heavy (non-hydrogen) atoms. The van der Waals surface area contributed by atoms with Crippen LogP contribution in [-0.4, -0.2) is 26.1 Å². The zero-order chi connectivity index (χ0) is 12.3. The summed E-state index contributed by atoms with van der Waals surface area (Å²) in [6.07, 6.45) is 2.67. The summed E-state index contributed by atoms with van der Waals surface area (Å²) >= 11 is 0. The summed E-state index contributed by atoms with van der Waals surface area (Å²) in [6, 6.07) is 0.000380. The molecule has 0 spiro atoms. The molecule has 0 aliphatic carbocycles. The number of nitrogens with two attached hydrogens (primary N) is 1. The monoisotopic (exact) mass is 235 g/mol. The van der Waals surface area contributed by atoms with Crippen molar-refractivity contribution < 1.29 is 9.21 Å². The standard InChI is InChI=1S/C8H9N7O2/c1-4-14-15-8(17-4)12-7(16)5-2-10-3-6(11-5)13-9/h2-3H,9H2,1H3,(H,11,13)(H,12,15,16). The van der Waals surface area contributed by atoms with Crippen LogP contribution in [0.5, 0.6) is 0 Å². The highest BCUT2D eigenvalue weighted by molar-refractivity contribution is 6.01. The molecule has 0 bridgehead atoms. The number of carbonyl (C=O) groups excluding carboxylic acids is 1. The number of anilines is 2. The fourth-order valence-corrected chi connectivity index (χ4v) is 1.05. The second-order valence-corrected chi connectivity index (χ2v) is 3.01. The van der Waals surface area contributed by atoms with Crippen LogP contribution in [0, 0.1) is 6.92 Å². The number of nitrogen functional groups attached to an aromatic ring is 1. The minimum atomic E-state index is -0.516. The van der Waals surface area contributed by atoms with Crippen LogP contribution in [0.15, 0.2) is 16.8 Å². The molecule has 88 valence electrons. The lowest BCUT2D eigenvalue weighted by molar-refractivity contribution is 0.101. The molecular weight excluding hydrogens is 226 g/mol. The van der Waals surface area contributed by atoms with E-state index >= 15 is 0 Å². The highest BCUT2D eigenvalue weighted by Crippen LogP contribution is 2.06. The summed E-state index contributed by atoms with van der Waals surface area (Å²) in [6.45, 7) is 1.61. The van der Waals surface area contributed by atoms with Crippen molar-refractivity contribution in [3.63, 3.8) is 0 Å². The number of carbonyl (C=O) groups is 1. The van der Waals surface area contributed by atoms with Gasteiger partial charge in [-0.05, 0) is 0 Å². The van der Waals surface area contributed by atoms with E-state index in [0.29, 0.717) is 5.89 Å². The number of hydrogen-bond donors (Lipinski definition) is 3. The van der Waals surface area contributed by atoms with Gasteiger partial charge in [-0.2, -0.15) is 0 Å². The molecule has 0 radical (unpaired) electrons. The van der Waals surface area contributed by atoms with Crippen LogP contribution in [-0.2, 0) is 0 Å². The third kappa shape index (κ3) is 2.52. The number of nitrogens with zero attached hydrogens (tertiary/aromatic N) is 4. The lowest BCUT2D eigenvalue weighted by atomic mass is 10.4. The smallest absolute Gasteiger partial charge is 0.322 e. The van der Waals surface area contributed by atoms with E-state index in [1.165, 1.54) is 12.4 Å². The molecule has 0 unspecified atom stereocenters. The second kappa shape index (κ2) is 4.53. The average Bonchev–Trinajstić information content (AvgIpc) is 2.75.